The smallest absolute Gasteiger partial charge is 0.242 e. The summed E-state index contributed by atoms with van der Waals surface area (Å²) in [5, 5.41) is 0. The highest BCUT2D eigenvalue weighted by molar-refractivity contribution is 5.89. The lowest BCUT2D eigenvalue weighted by Gasteiger charge is -2.33. The van der Waals surface area contributed by atoms with Crippen LogP contribution in [0.4, 0.5) is 0 Å². The summed E-state index contributed by atoms with van der Waals surface area (Å²) in [4.78, 5) is 24.5. The Balaban J connectivity index is 1.81. The number of nitrogens with two attached hydrogens (primary N) is 2. The molecule has 0 aromatic carbocycles. The minimum absolute atomic E-state index is 0.0880. The fraction of sp³-hybridized carbons (Fsp3) is 0.818. The molecular formula is C11H19N3O2. The Morgan fingerprint density at radius 3 is 2.25 bits per heavy atom. The Kier molecular flexibility index (Phi) is 2.88. The molecule has 1 saturated carbocycles. The molecule has 1 heterocycles. The van der Waals surface area contributed by atoms with Crippen LogP contribution in [0.25, 0.3) is 0 Å². The second-order valence-electron chi connectivity index (χ2n) is 5.06. The van der Waals surface area contributed by atoms with Gasteiger partial charge in [-0.15, -0.1) is 0 Å². The monoisotopic (exact) mass is 225 g/mol. The van der Waals surface area contributed by atoms with Crippen LogP contribution in [0.3, 0.4) is 0 Å². The van der Waals surface area contributed by atoms with Crippen LogP contribution in [0, 0.1) is 5.92 Å². The number of primary amides is 1. The van der Waals surface area contributed by atoms with Gasteiger partial charge in [-0.3, -0.25) is 9.59 Å². The van der Waals surface area contributed by atoms with Gasteiger partial charge in [0.2, 0.25) is 11.8 Å². The maximum Gasteiger partial charge on any atom is 0.242 e. The zero-order valence-corrected chi connectivity index (χ0v) is 9.45. The van der Waals surface area contributed by atoms with E-state index in [1.165, 1.54) is 0 Å². The Morgan fingerprint density at radius 2 is 1.81 bits per heavy atom. The SMILES string of the molecule is NC(=O)CC1CCN(C(=O)C2(N)CC2)CC1. The Bertz CT molecular complexity index is 304. The first-order chi connectivity index (χ1) is 7.51. The summed E-state index contributed by atoms with van der Waals surface area (Å²) < 4.78 is 0. The van der Waals surface area contributed by atoms with Crippen molar-refractivity contribution in [1.82, 2.24) is 4.90 Å². The minimum atomic E-state index is -0.559. The van der Waals surface area contributed by atoms with Crippen molar-refractivity contribution < 1.29 is 9.59 Å². The maximum absolute atomic E-state index is 11.9. The van der Waals surface area contributed by atoms with Crippen LogP contribution in [0.2, 0.25) is 0 Å². The molecule has 2 amide bonds. The van der Waals surface area contributed by atoms with Crippen LogP contribution in [-0.2, 0) is 9.59 Å². The largest absolute Gasteiger partial charge is 0.370 e. The van der Waals surface area contributed by atoms with Crippen molar-refractivity contribution in [3.63, 3.8) is 0 Å². The molecular weight excluding hydrogens is 206 g/mol. The summed E-state index contributed by atoms with van der Waals surface area (Å²) in [5.41, 5.74) is 10.5. The summed E-state index contributed by atoms with van der Waals surface area (Å²) in [5.74, 6) is 0.182. The number of amides is 2. The summed E-state index contributed by atoms with van der Waals surface area (Å²) in [6.45, 7) is 1.44. The van der Waals surface area contributed by atoms with Gasteiger partial charge in [-0.2, -0.15) is 0 Å². The highest BCUT2D eigenvalue weighted by atomic mass is 16.2. The standard InChI is InChI=1S/C11H19N3O2/c12-9(15)7-8-1-5-14(6-2-8)10(16)11(13)3-4-11/h8H,1-7,13H2,(H2,12,15). The third kappa shape index (κ3) is 2.35. The number of hydrogen-bond acceptors (Lipinski definition) is 3. The van der Waals surface area contributed by atoms with Crippen LogP contribution in [0.1, 0.15) is 32.1 Å². The zero-order valence-electron chi connectivity index (χ0n) is 9.45. The van der Waals surface area contributed by atoms with E-state index >= 15 is 0 Å². The molecule has 2 fully saturated rings. The van der Waals surface area contributed by atoms with Gasteiger partial charge in [0, 0.05) is 19.5 Å². The topological polar surface area (TPSA) is 89.4 Å². The van der Waals surface area contributed by atoms with Crippen LogP contribution in [0.15, 0.2) is 0 Å². The number of likely N-dealkylation sites (tertiary alicyclic amines) is 1. The van der Waals surface area contributed by atoms with Gasteiger partial charge in [-0.25, -0.2) is 0 Å². The van der Waals surface area contributed by atoms with Gasteiger partial charge in [0.15, 0.2) is 0 Å². The third-order valence-corrected chi connectivity index (χ3v) is 3.61. The first kappa shape index (κ1) is 11.4. The highest BCUT2D eigenvalue weighted by Crippen LogP contribution is 2.35. The molecule has 1 aliphatic carbocycles. The van der Waals surface area contributed by atoms with Crippen LogP contribution in [-0.4, -0.2) is 35.3 Å². The van der Waals surface area contributed by atoms with Gasteiger partial charge in [0.25, 0.3) is 0 Å². The molecule has 16 heavy (non-hydrogen) atoms. The summed E-state index contributed by atoms with van der Waals surface area (Å²) in [6, 6.07) is 0. The zero-order chi connectivity index (χ0) is 11.8. The third-order valence-electron chi connectivity index (χ3n) is 3.61. The fourth-order valence-electron chi connectivity index (χ4n) is 2.29. The molecule has 4 N–H and O–H groups in total. The second-order valence-corrected chi connectivity index (χ2v) is 5.06. The van der Waals surface area contributed by atoms with E-state index in [1.807, 2.05) is 4.90 Å². The maximum atomic E-state index is 11.9. The van der Waals surface area contributed by atoms with E-state index in [1.54, 1.807) is 0 Å². The van der Waals surface area contributed by atoms with Gasteiger partial charge in [0.05, 0.1) is 5.54 Å². The number of hydrogen-bond donors (Lipinski definition) is 2. The normalized spacial score (nSPS) is 24.2. The molecule has 0 radical (unpaired) electrons. The molecule has 5 heteroatoms. The summed E-state index contributed by atoms with van der Waals surface area (Å²) in [6.07, 6.45) is 3.80. The molecule has 0 atom stereocenters. The Hall–Kier alpha value is -1.10. The molecule has 1 saturated heterocycles. The van der Waals surface area contributed by atoms with E-state index in [-0.39, 0.29) is 11.8 Å². The van der Waals surface area contributed by atoms with Crippen molar-refractivity contribution in [2.75, 3.05) is 13.1 Å². The molecule has 0 unspecified atom stereocenters. The number of carbonyl (C=O) groups is 2. The summed E-state index contributed by atoms with van der Waals surface area (Å²) >= 11 is 0. The lowest BCUT2D eigenvalue weighted by molar-refractivity contribution is -0.135. The first-order valence-corrected chi connectivity index (χ1v) is 5.88. The summed E-state index contributed by atoms with van der Waals surface area (Å²) in [7, 11) is 0. The molecule has 5 nitrogen and oxygen atoms in total. The fourth-order valence-corrected chi connectivity index (χ4v) is 2.29. The molecule has 0 bridgehead atoms. The molecule has 0 aromatic rings. The molecule has 90 valence electrons. The van der Waals surface area contributed by atoms with Crippen LogP contribution >= 0.6 is 0 Å². The van der Waals surface area contributed by atoms with E-state index in [0.717, 1.165) is 38.8 Å². The first-order valence-electron chi connectivity index (χ1n) is 5.88. The van der Waals surface area contributed by atoms with E-state index < -0.39 is 5.54 Å². The number of piperidine rings is 1. The molecule has 2 aliphatic rings. The van der Waals surface area contributed by atoms with Crippen molar-refractivity contribution >= 4 is 11.8 Å². The van der Waals surface area contributed by atoms with Crippen molar-refractivity contribution in [2.45, 2.75) is 37.6 Å². The van der Waals surface area contributed by atoms with Crippen molar-refractivity contribution in [2.24, 2.45) is 17.4 Å². The average molecular weight is 225 g/mol. The predicted octanol–water partition coefficient (Wildman–Crippen LogP) is -0.408. The molecule has 0 spiro atoms. The van der Waals surface area contributed by atoms with Crippen molar-refractivity contribution in [3.8, 4) is 0 Å². The molecule has 0 aromatic heterocycles. The predicted molar refractivity (Wildman–Crippen MR) is 59.3 cm³/mol. The van der Waals surface area contributed by atoms with Gasteiger partial charge in [0.1, 0.15) is 0 Å². The quantitative estimate of drug-likeness (QED) is 0.684. The van der Waals surface area contributed by atoms with E-state index in [4.69, 9.17) is 11.5 Å². The number of nitrogens with zero attached hydrogens (tertiary/aromatic N) is 1. The van der Waals surface area contributed by atoms with E-state index in [9.17, 15) is 9.59 Å². The van der Waals surface area contributed by atoms with E-state index in [0.29, 0.717) is 12.3 Å². The molecule has 2 rings (SSSR count). The number of rotatable bonds is 3. The van der Waals surface area contributed by atoms with Crippen molar-refractivity contribution in [1.29, 1.82) is 0 Å². The van der Waals surface area contributed by atoms with Gasteiger partial charge >= 0.3 is 0 Å². The minimum Gasteiger partial charge on any atom is -0.370 e. The highest BCUT2D eigenvalue weighted by Gasteiger charge is 2.48. The lowest BCUT2D eigenvalue weighted by atomic mass is 9.93. The van der Waals surface area contributed by atoms with Crippen LogP contribution in [0.5, 0.6) is 0 Å². The lowest BCUT2D eigenvalue weighted by Crippen LogP contribution is -2.48. The van der Waals surface area contributed by atoms with Crippen LogP contribution < -0.4 is 11.5 Å². The second kappa shape index (κ2) is 4.05. The van der Waals surface area contributed by atoms with Gasteiger partial charge < -0.3 is 16.4 Å². The van der Waals surface area contributed by atoms with E-state index in [2.05, 4.69) is 0 Å². The van der Waals surface area contributed by atoms with Gasteiger partial charge in [-0.1, -0.05) is 0 Å². The average Bonchev–Trinajstić information content (AvgIpc) is 2.97. The number of carbonyl (C=O) groups excluding carboxylic acids is 2. The Labute approximate surface area is 95.1 Å². The van der Waals surface area contributed by atoms with Gasteiger partial charge in [-0.05, 0) is 31.6 Å². The molecule has 1 aliphatic heterocycles. The Morgan fingerprint density at radius 1 is 1.25 bits per heavy atom. The van der Waals surface area contributed by atoms with Crippen molar-refractivity contribution in [3.05, 3.63) is 0 Å².